The van der Waals surface area contributed by atoms with Crippen molar-refractivity contribution in [3.8, 4) is 0 Å². The molecule has 0 bridgehead atoms. The molecule has 0 aliphatic carbocycles. The third-order valence-electron chi connectivity index (χ3n) is 1.84. The molecule has 18 heavy (non-hydrogen) atoms. The molecule has 0 atom stereocenters. The van der Waals surface area contributed by atoms with Crippen LogP contribution in [0.5, 0.6) is 0 Å². The number of hydrogen-bond acceptors (Lipinski definition) is 7. The summed E-state index contributed by atoms with van der Waals surface area (Å²) < 4.78 is 4.61. The predicted octanol–water partition coefficient (Wildman–Crippen LogP) is 1.30. The Kier molecular flexibility index (Phi) is 4.82. The zero-order valence-electron chi connectivity index (χ0n) is 11.3. The number of anilines is 2. The molecule has 7 nitrogen and oxygen atoms in total. The van der Waals surface area contributed by atoms with Gasteiger partial charge in [0, 0.05) is 12.1 Å². The first-order chi connectivity index (χ1) is 8.42. The molecule has 0 unspecified atom stereocenters. The van der Waals surface area contributed by atoms with Gasteiger partial charge in [-0.1, -0.05) is 0 Å². The Balaban J connectivity index is 3.07. The minimum absolute atomic E-state index is 0.0150. The third kappa shape index (κ3) is 4.15. The molecule has 0 amide bonds. The van der Waals surface area contributed by atoms with E-state index in [-0.39, 0.29) is 17.9 Å². The highest BCUT2D eigenvalue weighted by molar-refractivity contribution is 5.85. The molecular weight excluding hydrogens is 234 g/mol. The molecule has 0 aliphatic heterocycles. The minimum atomic E-state index is -0.587. The summed E-state index contributed by atoms with van der Waals surface area (Å²) >= 11 is 0. The van der Waals surface area contributed by atoms with E-state index in [2.05, 4.69) is 30.3 Å². The number of methoxy groups -OCH3 is 1. The van der Waals surface area contributed by atoms with Crippen molar-refractivity contribution in [2.75, 3.05) is 17.7 Å². The van der Waals surface area contributed by atoms with Crippen LogP contribution in [-0.2, 0) is 4.74 Å². The van der Waals surface area contributed by atoms with Crippen molar-refractivity contribution in [1.82, 2.24) is 15.0 Å². The van der Waals surface area contributed by atoms with E-state index in [9.17, 15) is 4.79 Å². The average molecular weight is 253 g/mol. The van der Waals surface area contributed by atoms with Gasteiger partial charge in [0.05, 0.1) is 7.11 Å². The first-order valence-corrected chi connectivity index (χ1v) is 5.79. The number of nitrogens with one attached hydrogen (secondary N) is 2. The highest BCUT2D eigenvalue weighted by atomic mass is 16.5. The summed E-state index contributed by atoms with van der Waals surface area (Å²) in [6.07, 6.45) is 0. The maximum Gasteiger partial charge on any atom is 0.376 e. The van der Waals surface area contributed by atoms with Crippen molar-refractivity contribution >= 4 is 17.9 Å². The van der Waals surface area contributed by atoms with Gasteiger partial charge in [-0.2, -0.15) is 15.0 Å². The van der Waals surface area contributed by atoms with Crippen molar-refractivity contribution < 1.29 is 9.53 Å². The average Bonchev–Trinajstić information content (AvgIpc) is 2.25. The van der Waals surface area contributed by atoms with Gasteiger partial charge in [0.15, 0.2) is 0 Å². The Morgan fingerprint density at radius 2 is 1.44 bits per heavy atom. The van der Waals surface area contributed by atoms with Crippen molar-refractivity contribution in [3.05, 3.63) is 5.82 Å². The number of aromatic nitrogens is 3. The second kappa shape index (κ2) is 6.13. The van der Waals surface area contributed by atoms with E-state index in [0.29, 0.717) is 11.9 Å². The highest BCUT2D eigenvalue weighted by Crippen LogP contribution is 2.08. The van der Waals surface area contributed by atoms with Crippen LogP contribution in [0.2, 0.25) is 0 Å². The third-order valence-corrected chi connectivity index (χ3v) is 1.84. The van der Waals surface area contributed by atoms with Crippen molar-refractivity contribution in [1.29, 1.82) is 0 Å². The predicted molar refractivity (Wildman–Crippen MR) is 68.7 cm³/mol. The molecule has 1 heterocycles. The van der Waals surface area contributed by atoms with Gasteiger partial charge in [-0.25, -0.2) is 4.79 Å². The van der Waals surface area contributed by atoms with Crippen LogP contribution in [0.3, 0.4) is 0 Å². The fourth-order valence-electron chi connectivity index (χ4n) is 1.20. The van der Waals surface area contributed by atoms with E-state index in [4.69, 9.17) is 0 Å². The molecule has 0 aliphatic rings. The normalized spacial score (nSPS) is 10.6. The lowest BCUT2D eigenvalue weighted by Gasteiger charge is -2.12. The lowest BCUT2D eigenvalue weighted by molar-refractivity contribution is 0.0586. The molecule has 0 radical (unpaired) electrons. The fraction of sp³-hybridized carbons (Fsp3) is 0.636. The smallest absolute Gasteiger partial charge is 0.376 e. The second-order valence-electron chi connectivity index (χ2n) is 4.40. The highest BCUT2D eigenvalue weighted by Gasteiger charge is 2.14. The van der Waals surface area contributed by atoms with Gasteiger partial charge >= 0.3 is 5.97 Å². The summed E-state index contributed by atoms with van der Waals surface area (Å²) in [6, 6.07) is 0.314. The van der Waals surface area contributed by atoms with Crippen LogP contribution in [0.25, 0.3) is 0 Å². The maximum atomic E-state index is 11.5. The van der Waals surface area contributed by atoms with Crippen LogP contribution in [0, 0.1) is 0 Å². The van der Waals surface area contributed by atoms with Gasteiger partial charge in [-0.05, 0) is 27.7 Å². The van der Waals surface area contributed by atoms with Crippen molar-refractivity contribution in [2.24, 2.45) is 0 Å². The van der Waals surface area contributed by atoms with Crippen molar-refractivity contribution in [3.63, 3.8) is 0 Å². The molecule has 1 aromatic rings. The fourth-order valence-corrected chi connectivity index (χ4v) is 1.20. The monoisotopic (exact) mass is 253 g/mol. The maximum absolute atomic E-state index is 11.5. The van der Waals surface area contributed by atoms with E-state index < -0.39 is 5.97 Å². The van der Waals surface area contributed by atoms with Gasteiger partial charge in [0.2, 0.25) is 17.7 Å². The van der Waals surface area contributed by atoms with Crippen LogP contribution in [0.1, 0.15) is 38.3 Å². The van der Waals surface area contributed by atoms with E-state index in [0.717, 1.165) is 0 Å². The Hall–Kier alpha value is -1.92. The van der Waals surface area contributed by atoms with Gasteiger partial charge < -0.3 is 15.4 Å². The molecular formula is C11H19N5O2. The first kappa shape index (κ1) is 14.1. The summed E-state index contributed by atoms with van der Waals surface area (Å²) in [5.74, 6) is 0.0990. The molecule has 1 aromatic heterocycles. The molecule has 1 rings (SSSR count). The number of carbonyl (C=O) groups is 1. The van der Waals surface area contributed by atoms with E-state index >= 15 is 0 Å². The quantitative estimate of drug-likeness (QED) is 0.764. The van der Waals surface area contributed by atoms with Gasteiger partial charge in [-0.15, -0.1) is 0 Å². The van der Waals surface area contributed by atoms with E-state index in [1.807, 2.05) is 27.7 Å². The molecule has 7 heteroatoms. The molecule has 0 saturated heterocycles. The number of hydrogen-bond donors (Lipinski definition) is 2. The van der Waals surface area contributed by atoms with Crippen LogP contribution in [0.4, 0.5) is 11.9 Å². The number of ether oxygens (including phenoxy) is 1. The Morgan fingerprint density at radius 1 is 1.00 bits per heavy atom. The second-order valence-corrected chi connectivity index (χ2v) is 4.40. The molecule has 0 saturated carbocycles. The number of carbonyl (C=O) groups excluding carboxylic acids is 1. The van der Waals surface area contributed by atoms with Gasteiger partial charge in [0.1, 0.15) is 0 Å². The van der Waals surface area contributed by atoms with Crippen LogP contribution >= 0.6 is 0 Å². The summed E-state index contributed by atoms with van der Waals surface area (Å²) in [7, 11) is 1.29. The van der Waals surface area contributed by atoms with Gasteiger partial charge in [0.25, 0.3) is 0 Å². The Labute approximate surface area is 106 Å². The van der Waals surface area contributed by atoms with Crippen LogP contribution in [-0.4, -0.2) is 40.1 Å². The van der Waals surface area contributed by atoms with Gasteiger partial charge in [-0.3, -0.25) is 0 Å². The lowest BCUT2D eigenvalue weighted by Crippen LogP contribution is -2.20. The summed E-state index contributed by atoms with van der Waals surface area (Å²) in [6.45, 7) is 7.82. The number of rotatable bonds is 5. The Morgan fingerprint density at radius 3 is 1.78 bits per heavy atom. The number of esters is 1. The number of nitrogens with zero attached hydrogens (tertiary/aromatic N) is 3. The summed E-state index contributed by atoms with van der Waals surface area (Å²) in [4.78, 5) is 23.6. The zero-order chi connectivity index (χ0) is 13.7. The molecule has 0 fully saturated rings. The zero-order valence-corrected chi connectivity index (χ0v) is 11.3. The lowest BCUT2D eigenvalue weighted by atomic mass is 10.4. The molecule has 100 valence electrons. The van der Waals surface area contributed by atoms with Crippen LogP contribution in [0.15, 0.2) is 0 Å². The summed E-state index contributed by atoms with van der Waals surface area (Å²) in [5.41, 5.74) is 0. The molecule has 0 aromatic carbocycles. The largest absolute Gasteiger partial charge is 0.463 e. The minimum Gasteiger partial charge on any atom is -0.463 e. The standard InChI is InChI=1S/C11H19N5O2/c1-6(2)12-10-14-8(9(17)18-5)15-11(16-10)13-7(3)4/h6-7H,1-5H3,(H2,12,13,14,15,16). The van der Waals surface area contributed by atoms with Crippen molar-refractivity contribution in [2.45, 2.75) is 39.8 Å². The summed E-state index contributed by atoms with van der Waals surface area (Å²) in [5, 5.41) is 6.06. The van der Waals surface area contributed by atoms with Crippen LogP contribution < -0.4 is 10.6 Å². The van der Waals surface area contributed by atoms with E-state index in [1.165, 1.54) is 7.11 Å². The molecule has 2 N–H and O–H groups in total. The topological polar surface area (TPSA) is 89.0 Å². The first-order valence-electron chi connectivity index (χ1n) is 5.79. The Bertz CT molecular complexity index is 392. The molecule has 0 spiro atoms. The SMILES string of the molecule is COC(=O)c1nc(NC(C)C)nc(NC(C)C)n1. The van der Waals surface area contributed by atoms with E-state index in [1.54, 1.807) is 0 Å².